The second-order valence-corrected chi connectivity index (χ2v) is 6.91. The summed E-state index contributed by atoms with van der Waals surface area (Å²) in [5.41, 5.74) is 4.32. The van der Waals surface area contributed by atoms with Crippen molar-refractivity contribution in [2.24, 2.45) is 0 Å². The highest BCUT2D eigenvalue weighted by Gasteiger charge is 2.03. The molecule has 0 atom stereocenters. The highest BCUT2D eigenvalue weighted by Crippen LogP contribution is 2.23. The Hall–Kier alpha value is -0.950. The molecule has 0 amide bonds. The first-order chi connectivity index (χ1) is 9.72. The van der Waals surface area contributed by atoms with Crippen molar-refractivity contribution in [3.63, 3.8) is 0 Å². The number of hydrogen-bond donors (Lipinski definition) is 0. The number of pyridine rings is 1. The zero-order chi connectivity index (χ0) is 13.9. The molecular weight excluding hydrogens is 472 g/mol. The number of rotatable bonds is 2. The summed E-state index contributed by atoms with van der Waals surface area (Å²) in [4.78, 5) is 4.77. The SMILES string of the molecule is Ic1ccc(-c2cccc(-c3ccc(I)cc3)n2)cc1. The molecule has 0 aliphatic rings. The van der Waals surface area contributed by atoms with E-state index in [1.54, 1.807) is 0 Å². The molecule has 0 aliphatic carbocycles. The first-order valence-corrected chi connectivity index (χ1v) is 8.37. The third-order valence-electron chi connectivity index (χ3n) is 3.03. The fraction of sp³-hybridized carbons (Fsp3) is 0. The summed E-state index contributed by atoms with van der Waals surface area (Å²) in [6, 6.07) is 23.0. The van der Waals surface area contributed by atoms with Gasteiger partial charge in [-0.15, -0.1) is 0 Å². The number of aromatic nitrogens is 1. The van der Waals surface area contributed by atoms with Crippen molar-refractivity contribution in [2.45, 2.75) is 0 Å². The van der Waals surface area contributed by atoms with Crippen molar-refractivity contribution in [1.82, 2.24) is 4.98 Å². The van der Waals surface area contributed by atoms with Gasteiger partial charge in [0, 0.05) is 18.3 Å². The monoisotopic (exact) mass is 483 g/mol. The van der Waals surface area contributed by atoms with Crippen LogP contribution in [-0.4, -0.2) is 4.98 Å². The molecule has 3 rings (SSSR count). The van der Waals surface area contributed by atoms with Crippen LogP contribution in [0.2, 0.25) is 0 Å². The maximum atomic E-state index is 4.77. The molecule has 3 aromatic rings. The van der Waals surface area contributed by atoms with E-state index in [2.05, 4.69) is 112 Å². The fourth-order valence-corrected chi connectivity index (χ4v) is 2.72. The lowest BCUT2D eigenvalue weighted by Gasteiger charge is -2.05. The van der Waals surface area contributed by atoms with Crippen LogP contribution in [0.5, 0.6) is 0 Å². The highest BCUT2D eigenvalue weighted by atomic mass is 127. The van der Waals surface area contributed by atoms with Crippen molar-refractivity contribution >= 4 is 45.2 Å². The molecule has 3 heteroatoms. The van der Waals surface area contributed by atoms with Crippen molar-refractivity contribution in [1.29, 1.82) is 0 Å². The van der Waals surface area contributed by atoms with Crippen LogP contribution < -0.4 is 0 Å². The molecule has 0 radical (unpaired) electrons. The zero-order valence-electron chi connectivity index (χ0n) is 10.6. The quantitative estimate of drug-likeness (QED) is 0.432. The molecule has 2 aromatic carbocycles. The topological polar surface area (TPSA) is 12.9 Å². The normalized spacial score (nSPS) is 10.5. The van der Waals surface area contributed by atoms with Crippen molar-refractivity contribution in [2.75, 3.05) is 0 Å². The van der Waals surface area contributed by atoms with Gasteiger partial charge in [-0.1, -0.05) is 30.3 Å². The molecule has 0 fully saturated rings. The van der Waals surface area contributed by atoms with E-state index in [0.717, 1.165) is 22.5 Å². The Labute approximate surface area is 145 Å². The van der Waals surface area contributed by atoms with E-state index in [1.807, 2.05) is 0 Å². The van der Waals surface area contributed by atoms with E-state index in [0.29, 0.717) is 0 Å². The molecule has 1 aromatic heterocycles. The molecule has 0 saturated heterocycles. The molecule has 0 unspecified atom stereocenters. The number of benzene rings is 2. The third-order valence-corrected chi connectivity index (χ3v) is 4.47. The summed E-state index contributed by atoms with van der Waals surface area (Å²) in [5, 5.41) is 0. The Balaban J connectivity index is 2.01. The summed E-state index contributed by atoms with van der Waals surface area (Å²) >= 11 is 4.63. The van der Waals surface area contributed by atoms with E-state index in [9.17, 15) is 0 Å². The summed E-state index contributed by atoms with van der Waals surface area (Å²) in [7, 11) is 0. The standard InChI is InChI=1S/C17H11I2N/c18-14-8-4-12(5-9-14)16-2-1-3-17(20-16)13-6-10-15(19)11-7-13/h1-11H. The number of nitrogens with zero attached hydrogens (tertiary/aromatic N) is 1. The van der Waals surface area contributed by atoms with Crippen LogP contribution in [0.4, 0.5) is 0 Å². The van der Waals surface area contributed by atoms with Gasteiger partial charge >= 0.3 is 0 Å². The molecule has 20 heavy (non-hydrogen) atoms. The van der Waals surface area contributed by atoms with Gasteiger partial charge in [0.15, 0.2) is 0 Å². The second-order valence-electron chi connectivity index (χ2n) is 4.42. The minimum Gasteiger partial charge on any atom is -0.248 e. The van der Waals surface area contributed by atoms with Gasteiger partial charge in [0.2, 0.25) is 0 Å². The molecule has 0 spiro atoms. The van der Waals surface area contributed by atoms with Gasteiger partial charge in [0.05, 0.1) is 11.4 Å². The largest absolute Gasteiger partial charge is 0.248 e. The predicted octanol–water partition coefficient (Wildman–Crippen LogP) is 5.62. The van der Waals surface area contributed by atoms with E-state index < -0.39 is 0 Å². The Morgan fingerprint density at radius 2 is 0.950 bits per heavy atom. The number of hydrogen-bond acceptors (Lipinski definition) is 1. The Morgan fingerprint density at radius 1 is 0.550 bits per heavy atom. The number of halogens is 2. The van der Waals surface area contributed by atoms with Crippen molar-refractivity contribution in [3.05, 3.63) is 73.9 Å². The van der Waals surface area contributed by atoms with Gasteiger partial charge in [-0.3, -0.25) is 0 Å². The van der Waals surface area contributed by atoms with Gasteiger partial charge in [-0.05, 0) is 81.6 Å². The lowest BCUT2D eigenvalue weighted by molar-refractivity contribution is 1.32. The van der Waals surface area contributed by atoms with Gasteiger partial charge in [0.1, 0.15) is 0 Å². The van der Waals surface area contributed by atoms with Crippen LogP contribution in [-0.2, 0) is 0 Å². The summed E-state index contributed by atoms with van der Waals surface area (Å²) in [6.07, 6.45) is 0. The Bertz CT molecular complexity index is 658. The Morgan fingerprint density at radius 3 is 1.35 bits per heavy atom. The van der Waals surface area contributed by atoms with Crippen LogP contribution in [0.15, 0.2) is 66.7 Å². The van der Waals surface area contributed by atoms with E-state index >= 15 is 0 Å². The van der Waals surface area contributed by atoms with Crippen molar-refractivity contribution in [3.8, 4) is 22.5 Å². The zero-order valence-corrected chi connectivity index (χ0v) is 14.9. The predicted molar refractivity (Wildman–Crippen MR) is 101 cm³/mol. The maximum Gasteiger partial charge on any atom is 0.0709 e. The van der Waals surface area contributed by atoms with Crippen LogP contribution in [0.25, 0.3) is 22.5 Å². The average molecular weight is 483 g/mol. The molecule has 0 aliphatic heterocycles. The lowest BCUT2D eigenvalue weighted by Crippen LogP contribution is -1.88. The minimum absolute atomic E-state index is 1.01. The van der Waals surface area contributed by atoms with E-state index in [-0.39, 0.29) is 0 Å². The van der Waals surface area contributed by atoms with Gasteiger partial charge in [-0.25, -0.2) is 4.98 Å². The van der Waals surface area contributed by atoms with Crippen LogP contribution in [0, 0.1) is 7.14 Å². The van der Waals surface area contributed by atoms with E-state index in [1.165, 1.54) is 7.14 Å². The molecule has 98 valence electrons. The van der Waals surface area contributed by atoms with Crippen LogP contribution in [0.3, 0.4) is 0 Å². The average Bonchev–Trinajstić information content (AvgIpc) is 2.49. The summed E-state index contributed by atoms with van der Waals surface area (Å²) in [5.74, 6) is 0. The third kappa shape index (κ3) is 3.20. The second kappa shape index (κ2) is 6.22. The lowest BCUT2D eigenvalue weighted by atomic mass is 10.1. The molecule has 0 N–H and O–H groups in total. The van der Waals surface area contributed by atoms with Gasteiger partial charge in [0.25, 0.3) is 0 Å². The van der Waals surface area contributed by atoms with Gasteiger partial charge < -0.3 is 0 Å². The molecule has 1 heterocycles. The first kappa shape index (κ1) is 14.0. The minimum atomic E-state index is 1.01. The Kier molecular flexibility index (Phi) is 4.35. The molecular formula is C17H11I2N. The van der Waals surface area contributed by atoms with Gasteiger partial charge in [-0.2, -0.15) is 0 Å². The van der Waals surface area contributed by atoms with E-state index in [4.69, 9.17) is 4.98 Å². The molecule has 1 nitrogen and oxygen atoms in total. The van der Waals surface area contributed by atoms with Crippen LogP contribution >= 0.6 is 45.2 Å². The fourth-order valence-electron chi connectivity index (χ4n) is 2.00. The molecule has 0 bridgehead atoms. The summed E-state index contributed by atoms with van der Waals surface area (Å²) < 4.78 is 2.47. The summed E-state index contributed by atoms with van der Waals surface area (Å²) in [6.45, 7) is 0. The highest BCUT2D eigenvalue weighted by molar-refractivity contribution is 14.1. The van der Waals surface area contributed by atoms with Crippen molar-refractivity contribution < 1.29 is 0 Å². The first-order valence-electron chi connectivity index (χ1n) is 6.21. The van der Waals surface area contributed by atoms with Crippen LogP contribution in [0.1, 0.15) is 0 Å². The molecule has 0 saturated carbocycles. The maximum absolute atomic E-state index is 4.77. The smallest absolute Gasteiger partial charge is 0.0709 e.